The van der Waals surface area contributed by atoms with E-state index in [1.807, 2.05) is 0 Å². The van der Waals surface area contributed by atoms with Gasteiger partial charge in [-0.2, -0.15) is 0 Å². The number of benzene rings is 2. The lowest BCUT2D eigenvalue weighted by Gasteiger charge is -2.29. The SMILES string of the molecule is CCCCc1ccc(COc2ccc([C@H]3CC[C@H](CCCC)CC3)cc2Br)cc1. The average molecular weight is 457 g/mol. The number of ether oxygens (including phenoxy) is 1. The minimum atomic E-state index is 0.620. The van der Waals surface area contributed by atoms with Crippen LogP contribution in [0.3, 0.4) is 0 Å². The summed E-state index contributed by atoms with van der Waals surface area (Å²) in [7, 11) is 0. The number of hydrogen-bond donors (Lipinski definition) is 0. The fraction of sp³-hybridized carbons (Fsp3) is 0.556. The monoisotopic (exact) mass is 456 g/mol. The third-order valence-electron chi connectivity index (χ3n) is 6.48. The van der Waals surface area contributed by atoms with E-state index < -0.39 is 0 Å². The summed E-state index contributed by atoms with van der Waals surface area (Å²) >= 11 is 3.75. The van der Waals surface area contributed by atoms with Crippen molar-refractivity contribution in [2.45, 2.75) is 90.6 Å². The zero-order chi connectivity index (χ0) is 20.5. The summed E-state index contributed by atoms with van der Waals surface area (Å²) in [5.41, 5.74) is 4.12. The summed E-state index contributed by atoms with van der Waals surface area (Å²) in [6.45, 7) is 5.16. The molecule has 0 aliphatic heterocycles. The molecule has 1 saturated carbocycles. The predicted molar refractivity (Wildman–Crippen MR) is 128 cm³/mol. The molecule has 0 atom stereocenters. The molecule has 0 N–H and O–H groups in total. The molecule has 1 nitrogen and oxygen atoms in total. The molecular formula is C27H37BrO. The maximum absolute atomic E-state index is 6.10. The van der Waals surface area contributed by atoms with Crippen molar-refractivity contribution in [2.75, 3.05) is 0 Å². The van der Waals surface area contributed by atoms with Crippen LogP contribution in [0.15, 0.2) is 46.9 Å². The first-order valence-electron chi connectivity index (χ1n) is 11.7. The molecule has 0 amide bonds. The highest BCUT2D eigenvalue weighted by Gasteiger charge is 2.22. The lowest BCUT2D eigenvalue weighted by molar-refractivity contribution is 0.300. The second kappa shape index (κ2) is 11.8. The van der Waals surface area contributed by atoms with Crippen molar-refractivity contribution >= 4 is 15.9 Å². The highest BCUT2D eigenvalue weighted by atomic mass is 79.9. The zero-order valence-electron chi connectivity index (χ0n) is 18.3. The van der Waals surface area contributed by atoms with Gasteiger partial charge in [0, 0.05) is 0 Å². The number of aryl methyl sites for hydroxylation is 1. The van der Waals surface area contributed by atoms with E-state index in [0.29, 0.717) is 12.5 Å². The predicted octanol–water partition coefficient (Wildman–Crippen LogP) is 8.83. The molecule has 158 valence electrons. The lowest BCUT2D eigenvalue weighted by Crippen LogP contribution is -2.13. The van der Waals surface area contributed by atoms with Gasteiger partial charge in [0.05, 0.1) is 4.47 Å². The first kappa shape index (κ1) is 22.4. The van der Waals surface area contributed by atoms with Crippen LogP contribution in [0.2, 0.25) is 0 Å². The molecule has 0 bridgehead atoms. The third-order valence-corrected chi connectivity index (χ3v) is 7.10. The van der Waals surface area contributed by atoms with Gasteiger partial charge < -0.3 is 4.74 Å². The van der Waals surface area contributed by atoms with Crippen molar-refractivity contribution in [3.63, 3.8) is 0 Å². The largest absolute Gasteiger partial charge is 0.488 e. The molecule has 0 heterocycles. The molecule has 2 aromatic rings. The first-order valence-corrected chi connectivity index (χ1v) is 12.5. The summed E-state index contributed by atoms with van der Waals surface area (Å²) < 4.78 is 7.19. The Labute approximate surface area is 186 Å². The Hall–Kier alpha value is -1.28. The van der Waals surface area contributed by atoms with Gasteiger partial charge in [-0.1, -0.05) is 69.9 Å². The van der Waals surface area contributed by atoms with Crippen molar-refractivity contribution in [1.29, 1.82) is 0 Å². The Bertz CT molecular complexity index is 729. The van der Waals surface area contributed by atoms with Gasteiger partial charge in [0.1, 0.15) is 12.4 Å². The van der Waals surface area contributed by atoms with E-state index in [1.54, 1.807) is 0 Å². The van der Waals surface area contributed by atoms with Gasteiger partial charge in [0.25, 0.3) is 0 Å². The molecular weight excluding hydrogens is 420 g/mol. The number of hydrogen-bond acceptors (Lipinski definition) is 1. The highest BCUT2D eigenvalue weighted by Crippen LogP contribution is 2.39. The number of unbranched alkanes of at least 4 members (excludes halogenated alkanes) is 2. The van der Waals surface area contributed by atoms with Crippen LogP contribution in [0.5, 0.6) is 5.75 Å². The third kappa shape index (κ3) is 6.88. The van der Waals surface area contributed by atoms with Gasteiger partial charge in [0.15, 0.2) is 0 Å². The van der Waals surface area contributed by atoms with Crippen LogP contribution in [0.4, 0.5) is 0 Å². The Kier molecular flexibility index (Phi) is 9.11. The molecule has 1 aliphatic rings. The molecule has 0 saturated heterocycles. The minimum absolute atomic E-state index is 0.620. The van der Waals surface area contributed by atoms with E-state index in [0.717, 1.165) is 16.1 Å². The number of rotatable bonds is 10. The zero-order valence-corrected chi connectivity index (χ0v) is 19.8. The van der Waals surface area contributed by atoms with Gasteiger partial charge in [-0.25, -0.2) is 0 Å². The van der Waals surface area contributed by atoms with Crippen molar-refractivity contribution in [3.05, 3.63) is 63.6 Å². The normalized spacial score (nSPS) is 19.3. The molecule has 2 heteroatoms. The Morgan fingerprint density at radius 2 is 1.55 bits per heavy atom. The van der Waals surface area contributed by atoms with Gasteiger partial charge in [-0.05, 0) is 95.1 Å². The van der Waals surface area contributed by atoms with Crippen LogP contribution < -0.4 is 4.74 Å². The topological polar surface area (TPSA) is 9.23 Å². The molecule has 0 aromatic heterocycles. The van der Waals surface area contributed by atoms with Crippen molar-refractivity contribution in [2.24, 2.45) is 5.92 Å². The van der Waals surface area contributed by atoms with E-state index in [1.165, 1.54) is 80.9 Å². The maximum Gasteiger partial charge on any atom is 0.134 e. The van der Waals surface area contributed by atoms with Gasteiger partial charge >= 0.3 is 0 Å². The molecule has 1 aliphatic carbocycles. The van der Waals surface area contributed by atoms with Crippen LogP contribution in [-0.2, 0) is 13.0 Å². The molecule has 1 fully saturated rings. The van der Waals surface area contributed by atoms with Gasteiger partial charge in [-0.3, -0.25) is 0 Å². The second-order valence-electron chi connectivity index (χ2n) is 8.76. The van der Waals surface area contributed by atoms with Crippen molar-refractivity contribution in [3.8, 4) is 5.75 Å². The van der Waals surface area contributed by atoms with Gasteiger partial charge in [-0.15, -0.1) is 0 Å². The molecule has 3 rings (SSSR count). The van der Waals surface area contributed by atoms with Crippen molar-refractivity contribution in [1.82, 2.24) is 0 Å². The Morgan fingerprint density at radius 3 is 2.21 bits per heavy atom. The number of halogens is 1. The van der Waals surface area contributed by atoms with E-state index in [2.05, 4.69) is 72.2 Å². The summed E-state index contributed by atoms with van der Waals surface area (Å²) in [5, 5.41) is 0. The molecule has 2 aromatic carbocycles. The van der Waals surface area contributed by atoms with Crippen LogP contribution >= 0.6 is 15.9 Å². The van der Waals surface area contributed by atoms with E-state index >= 15 is 0 Å². The first-order chi connectivity index (χ1) is 14.2. The summed E-state index contributed by atoms with van der Waals surface area (Å²) in [6.07, 6.45) is 13.3. The van der Waals surface area contributed by atoms with Gasteiger partial charge in [0.2, 0.25) is 0 Å². The van der Waals surface area contributed by atoms with Crippen LogP contribution in [0.25, 0.3) is 0 Å². The van der Waals surface area contributed by atoms with E-state index in [9.17, 15) is 0 Å². The van der Waals surface area contributed by atoms with Crippen LogP contribution in [0.1, 0.15) is 94.2 Å². The Morgan fingerprint density at radius 1 is 0.862 bits per heavy atom. The summed E-state index contributed by atoms with van der Waals surface area (Å²) in [4.78, 5) is 0. The van der Waals surface area contributed by atoms with E-state index in [-0.39, 0.29) is 0 Å². The smallest absolute Gasteiger partial charge is 0.134 e. The van der Waals surface area contributed by atoms with Crippen LogP contribution in [-0.4, -0.2) is 0 Å². The fourth-order valence-corrected chi connectivity index (χ4v) is 5.02. The average Bonchev–Trinajstić information content (AvgIpc) is 2.76. The van der Waals surface area contributed by atoms with E-state index in [4.69, 9.17) is 4.74 Å². The molecule has 0 unspecified atom stereocenters. The fourth-order valence-electron chi connectivity index (χ4n) is 4.51. The summed E-state index contributed by atoms with van der Waals surface area (Å²) in [5.74, 6) is 2.62. The Balaban J connectivity index is 1.51. The minimum Gasteiger partial charge on any atom is -0.488 e. The summed E-state index contributed by atoms with van der Waals surface area (Å²) in [6, 6.07) is 15.6. The second-order valence-corrected chi connectivity index (χ2v) is 9.61. The molecule has 29 heavy (non-hydrogen) atoms. The van der Waals surface area contributed by atoms with Crippen molar-refractivity contribution < 1.29 is 4.74 Å². The molecule has 0 spiro atoms. The highest BCUT2D eigenvalue weighted by molar-refractivity contribution is 9.10. The standard InChI is InChI=1S/C27H37BrO/c1-3-5-7-21-9-11-23(12-10-21)20-29-27-18-17-25(19-26(27)28)24-15-13-22(14-16-24)8-6-4-2/h9-12,17-19,22,24H,3-8,13-16,20H2,1-2H3/t22-,24-. The quantitative estimate of drug-likeness (QED) is 0.346. The lowest BCUT2D eigenvalue weighted by atomic mass is 9.77. The van der Waals surface area contributed by atoms with Crippen LogP contribution in [0, 0.1) is 5.92 Å². The maximum atomic E-state index is 6.10. The molecule has 0 radical (unpaired) electrons.